The molecule has 0 N–H and O–H groups in total. The van der Waals surface area contributed by atoms with Gasteiger partial charge in [-0.25, -0.2) is 0 Å². The number of hydrogen-bond acceptors (Lipinski definition) is 4. The summed E-state index contributed by atoms with van der Waals surface area (Å²) in [6, 6.07) is 7.92. The Kier molecular flexibility index (Phi) is 3.96. The molecule has 1 fully saturated rings. The fourth-order valence-electron chi connectivity index (χ4n) is 2.89. The summed E-state index contributed by atoms with van der Waals surface area (Å²) >= 11 is 0. The highest BCUT2D eigenvalue weighted by Gasteiger charge is 2.34. The van der Waals surface area contributed by atoms with Gasteiger partial charge in [0.15, 0.2) is 0 Å². The fourth-order valence-corrected chi connectivity index (χ4v) is 2.89. The van der Waals surface area contributed by atoms with Crippen LogP contribution in [0.3, 0.4) is 0 Å². The first kappa shape index (κ1) is 14.8. The van der Waals surface area contributed by atoms with Crippen LogP contribution in [-0.2, 0) is 4.79 Å². The van der Waals surface area contributed by atoms with Crippen LogP contribution in [0.1, 0.15) is 44.2 Å². The van der Waals surface area contributed by atoms with Crippen LogP contribution in [0.5, 0.6) is 0 Å². The molecule has 0 bridgehead atoms. The molecule has 0 aliphatic carbocycles. The van der Waals surface area contributed by atoms with E-state index in [0.717, 1.165) is 30.5 Å². The normalized spacial score (nSPS) is 18.2. The molecule has 1 amide bonds. The van der Waals surface area contributed by atoms with Crippen LogP contribution < -0.4 is 0 Å². The van der Waals surface area contributed by atoms with E-state index >= 15 is 0 Å². The summed E-state index contributed by atoms with van der Waals surface area (Å²) in [4.78, 5) is 18.7. The van der Waals surface area contributed by atoms with Crippen LogP contribution >= 0.6 is 0 Å². The highest BCUT2D eigenvalue weighted by atomic mass is 16.5. The minimum atomic E-state index is -0.0824. The van der Waals surface area contributed by atoms with E-state index < -0.39 is 0 Å². The average Bonchev–Trinajstić information content (AvgIpc) is 3.15. The third-order valence-corrected chi connectivity index (χ3v) is 4.03. The maximum Gasteiger partial charge on any atom is 0.249 e. The summed E-state index contributed by atoms with van der Waals surface area (Å²) < 4.78 is 5.45. The summed E-state index contributed by atoms with van der Waals surface area (Å²) in [6.07, 6.45) is 1.86. The Balaban J connectivity index is 1.85. The highest BCUT2D eigenvalue weighted by Crippen LogP contribution is 2.33. The van der Waals surface area contributed by atoms with Crippen molar-refractivity contribution in [3.8, 4) is 11.4 Å². The number of rotatable bonds is 3. The second-order valence-electron chi connectivity index (χ2n) is 6.17. The van der Waals surface area contributed by atoms with Crippen molar-refractivity contribution < 1.29 is 9.32 Å². The third-order valence-electron chi connectivity index (χ3n) is 4.03. The van der Waals surface area contributed by atoms with E-state index in [1.54, 1.807) is 0 Å². The highest BCUT2D eigenvalue weighted by molar-refractivity contribution is 5.78. The Bertz CT molecular complexity index is 678. The molecule has 2 aromatic rings. The predicted molar refractivity (Wildman–Crippen MR) is 83.0 cm³/mol. The first-order valence-electron chi connectivity index (χ1n) is 7.77. The van der Waals surface area contributed by atoms with Crippen molar-refractivity contribution in [1.82, 2.24) is 15.0 Å². The number of carbonyl (C=O) groups is 1. The maximum atomic E-state index is 12.3. The maximum absolute atomic E-state index is 12.3. The Hall–Kier alpha value is -2.17. The standard InChI is InChI=1S/C17H21N3O2/c1-11(2)17(21)20-9-5-8-14(20)16-18-15(19-22-16)13-7-4-6-12(3)10-13/h4,6-7,10-11,14H,5,8-9H2,1-3H3. The van der Waals surface area contributed by atoms with E-state index in [1.807, 2.05) is 49.9 Å². The molecule has 1 aliphatic rings. The Morgan fingerprint density at radius 1 is 1.41 bits per heavy atom. The lowest BCUT2D eigenvalue weighted by Gasteiger charge is -2.23. The average molecular weight is 299 g/mol. The van der Waals surface area contributed by atoms with Gasteiger partial charge in [0.2, 0.25) is 17.6 Å². The van der Waals surface area contributed by atoms with Gasteiger partial charge in [-0.2, -0.15) is 4.98 Å². The van der Waals surface area contributed by atoms with E-state index in [-0.39, 0.29) is 17.9 Å². The fraction of sp³-hybridized carbons (Fsp3) is 0.471. The molecule has 0 saturated carbocycles. The van der Waals surface area contributed by atoms with Gasteiger partial charge in [0.1, 0.15) is 6.04 Å². The number of carbonyl (C=O) groups excluding carboxylic acids is 1. The summed E-state index contributed by atoms with van der Waals surface area (Å²) in [5, 5.41) is 4.09. The van der Waals surface area contributed by atoms with Gasteiger partial charge in [0.25, 0.3) is 0 Å². The second-order valence-corrected chi connectivity index (χ2v) is 6.17. The lowest BCUT2D eigenvalue weighted by atomic mass is 10.1. The molecule has 22 heavy (non-hydrogen) atoms. The van der Waals surface area contributed by atoms with Gasteiger partial charge in [0, 0.05) is 18.0 Å². The molecule has 0 radical (unpaired) electrons. The molecular formula is C17H21N3O2. The zero-order chi connectivity index (χ0) is 15.7. The molecule has 1 aromatic carbocycles. The smallest absolute Gasteiger partial charge is 0.249 e. The molecule has 1 saturated heterocycles. The van der Waals surface area contributed by atoms with Crippen LogP contribution in [0.25, 0.3) is 11.4 Å². The minimum absolute atomic E-state index is 0.0141. The molecule has 5 nitrogen and oxygen atoms in total. The van der Waals surface area contributed by atoms with Crippen molar-refractivity contribution in [3.63, 3.8) is 0 Å². The molecule has 1 aromatic heterocycles. The van der Waals surface area contributed by atoms with Crippen molar-refractivity contribution in [3.05, 3.63) is 35.7 Å². The molecular weight excluding hydrogens is 278 g/mol. The zero-order valence-corrected chi connectivity index (χ0v) is 13.2. The first-order chi connectivity index (χ1) is 10.6. The predicted octanol–water partition coefficient (Wildman–Crippen LogP) is 3.36. The zero-order valence-electron chi connectivity index (χ0n) is 13.2. The molecule has 2 heterocycles. The molecule has 5 heteroatoms. The van der Waals surface area contributed by atoms with E-state index in [4.69, 9.17) is 4.52 Å². The first-order valence-corrected chi connectivity index (χ1v) is 7.77. The van der Waals surface area contributed by atoms with Crippen LogP contribution in [0.15, 0.2) is 28.8 Å². The lowest BCUT2D eigenvalue weighted by molar-refractivity contribution is -0.135. The number of aromatic nitrogens is 2. The van der Waals surface area contributed by atoms with Gasteiger partial charge < -0.3 is 9.42 Å². The van der Waals surface area contributed by atoms with Gasteiger partial charge in [-0.05, 0) is 25.8 Å². The molecule has 116 valence electrons. The molecule has 0 spiro atoms. The van der Waals surface area contributed by atoms with Crippen LogP contribution in [0, 0.1) is 12.8 Å². The van der Waals surface area contributed by atoms with Crippen molar-refractivity contribution in [1.29, 1.82) is 0 Å². The summed E-state index contributed by atoms with van der Waals surface area (Å²) in [5.41, 5.74) is 2.09. The third kappa shape index (κ3) is 2.75. The van der Waals surface area contributed by atoms with Crippen molar-refractivity contribution in [2.45, 2.75) is 39.7 Å². The van der Waals surface area contributed by atoms with Gasteiger partial charge in [-0.3, -0.25) is 4.79 Å². The number of likely N-dealkylation sites (tertiary alicyclic amines) is 1. The summed E-state index contributed by atoms with van der Waals surface area (Å²) in [6.45, 7) is 6.64. The van der Waals surface area contributed by atoms with Crippen LogP contribution in [0.2, 0.25) is 0 Å². The van der Waals surface area contributed by atoms with Crippen LogP contribution in [-0.4, -0.2) is 27.5 Å². The Morgan fingerprint density at radius 3 is 2.95 bits per heavy atom. The second kappa shape index (κ2) is 5.91. The SMILES string of the molecule is Cc1cccc(-c2noc(C3CCCN3C(=O)C(C)C)n2)c1. The molecule has 3 rings (SSSR count). The minimum Gasteiger partial charge on any atom is -0.337 e. The van der Waals surface area contributed by atoms with E-state index in [9.17, 15) is 4.79 Å². The van der Waals surface area contributed by atoms with Crippen molar-refractivity contribution in [2.75, 3.05) is 6.54 Å². The number of nitrogens with zero attached hydrogens (tertiary/aromatic N) is 3. The largest absolute Gasteiger partial charge is 0.337 e. The Labute approximate surface area is 130 Å². The van der Waals surface area contributed by atoms with Crippen molar-refractivity contribution in [2.24, 2.45) is 5.92 Å². The molecule has 1 aliphatic heterocycles. The number of aryl methyl sites for hydroxylation is 1. The lowest BCUT2D eigenvalue weighted by Crippen LogP contribution is -2.33. The number of benzene rings is 1. The Morgan fingerprint density at radius 2 is 2.23 bits per heavy atom. The molecule has 1 unspecified atom stereocenters. The monoisotopic (exact) mass is 299 g/mol. The van der Waals surface area contributed by atoms with Gasteiger partial charge in [-0.15, -0.1) is 0 Å². The number of amides is 1. The van der Waals surface area contributed by atoms with Crippen molar-refractivity contribution >= 4 is 5.91 Å². The number of hydrogen-bond donors (Lipinski definition) is 0. The van der Waals surface area contributed by atoms with E-state index in [1.165, 1.54) is 0 Å². The summed E-state index contributed by atoms with van der Waals surface area (Å²) in [7, 11) is 0. The quantitative estimate of drug-likeness (QED) is 0.872. The van der Waals surface area contributed by atoms with E-state index in [2.05, 4.69) is 10.1 Å². The van der Waals surface area contributed by atoms with Gasteiger partial charge in [0.05, 0.1) is 0 Å². The molecule has 1 atom stereocenters. The van der Waals surface area contributed by atoms with Gasteiger partial charge >= 0.3 is 0 Å². The topological polar surface area (TPSA) is 59.2 Å². The van der Waals surface area contributed by atoms with Crippen LogP contribution in [0.4, 0.5) is 0 Å². The van der Waals surface area contributed by atoms with Gasteiger partial charge in [-0.1, -0.05) is 42.8 Å². The van der Waals surface area contributed by atoms with E-state index in [0.29, 0.717) is 11.7 Å². The summed E-state index contributed by atoms with van der Waals surface area (Å²) in [5.74, 6) is 1.27.